The van der Waals surface area contributed by atoms with E-state index in [0.29, 0.717) is 26.2 Å². The number of carbonyl (C=O) groups excluding carboxylic acids is 2. The van der Waals surface area contributed by atoms with Crippen molar-refractivity contribution in [3.8, 4) is 5.75 Å². The lowest BCUT2D eigenvalue weighted by Crippen LogP contribution is -2.31. The molecule has 0 fully saturated rings. The van der Waals surface area contributed by atoms with Gasteiger partial charge in [-0.05, 0) is 54.7 Å². The highest BCUT2D eigenvalue weighted by Crippen LogP contribution is 2.27. The van der Waals surface area contributed by atoms with Gasteiger partial charge in [0.2, 0.25) is 5.91 Å². The van der Waals surface area contributed by atoms with Gasteiger partial charge in [0.05, 0.1) is 6.61 Å². The Morgan fingerprint density at radius 1 is 0.947 bits per heavy atom. The number of nitrogens with zero attached hydrogens (tertiary/aromatic N) is 2. The number of carbonyl (C=O) groups is 2. The Morgan fingerprint density at radius 2 is 1.66 bits per heavy atom. The summed E-state index contributed by atoms with van der Waals surface area (Å²) < 4.78 is 13.0. The summed E-state index contributed by atoms with van der Waals surface area (Å²) in [7, 11) is 1.84. The van der Waals surface area contributed by atoms with Gasteiger partial charge in [0.15, 0.2) is 0 Å². The summed E-state index contributed by atoms with van der Waals surface area (Å²) in [5, 5.41) is 0.990. The number of hydrogen-bond donors (Lipinski definition) is 0. The lowest BCUT2D eigenvalue weighted by atomic mass is 10.1. The molecule has 0 aliphatic heterocycles. The summed E-state index contributed by atoms with van der Waals surface area (Å²) in [5.74, 6) is 0.426. The molecule has 0 radical (unpaired) electrons. The maximum atomic E-state index is 13.1. The van der Waals surface area contributed by atoms with Crippen molar-refractivity contribution in [1.29, 1.82) is 0 Å². The van der Waals surface area contributed by atoms with Crippen LogP contribution in [0.25, 0.3) is 10.9 Å². The number of amides is 1. The second-order valence-corrected chi connectivity index (χ2v) is 9.14. The van der Waals surface area contributed by atoms with Crippen LogP contribution in [0.4, 0.5) is 0 Å². The van der Waals surface area contributed by atoms with E-state index in [1.807, 2.05) is 84.5 Å². The molecule has 1 amide bonds. The van der Waals surface area contributed by atoms with E-state index in [1.54, 1.807) is 17.9 Å². The van der Waals surface area contributed by atoms with Gasteiger partial charge in [-0.2, -0.15) is 0 Å². The first-order chi connectivity index (χ1) is 18.5. The first-order valence-corrected chi connectivity index (χ1v) is 12.9. The molecule has 4 aromatic rings. The highest BCUT2D eigenvalue weighted by Gasteiger charge is 2.15. The average molecular weight is 511 g/mol. The monoisotopic (exact) mass is 510 g/mol. The van der Waals surface area contributed by atoms with Crippen LogP contribution >= 0.6 is 0 Å². The molecule has 6 nitrogen and oxygen atoms in total. The Balaban J connectivity index is 1.51. The molecule has 0 atom stereocenters. The third-order valence-corrected chi connectivity index (χ3v) is 6.37. The van der Waals surface area contributed by atoms with E-state index < -0.39 is 0 Å². The van der Waals surface area contributed by atoms with Crippen molar-refractivity contribution in [2.45, 2.75) is 32.9 Å². The van der Waals surface area contributed by atoms with Gasteiger partial charge in [0, 0.05) is 36.8 Å². The molecule has 0 unspecified atom stereocenters. The minimum absolute atomic E-state index is 0.0378. The SMILES string of the molecule is CCOC(=O)/C=C/Cc1cn(CC(=O)N(C)CCc2ccccc2)c2ccc(OCc3ccccc3)cc12. The van der Waals surface area contributed by atoms with Crippen molar-refractivity contribution in [2.24, 2.45) is 0 Å². The van der Waals surface area contributed by atoms with Gasteiger partial charge < -0.3 is 18.9 Å². The number of rotatable bonds is 12. The number of hydrogen-bond acceptors (Lipinski definition) is 4. The molecule has 0 aliphatic carbocycles. The minimum atomic E-state index is -0.363. The lowest BCUT2D eigenvalue weighted by molar-refractivity contribution is -0.137. The molecular formula is C32H34N2O4. The number of esters is 1. The van der Waals surface area contributed by atoms with Crippen LogP contribution in [0.5, 0.6) is 5.75 Å². The third kappa shape index (κ3) is 7.35. The van der Waals surface area contributed by atoms with E-state index in [-0.39, 0.29) is 18.4 Å². The second kappa shape index (κ2) is 13.3. The zero-order chi connectivity index (χ0) is 26.7. The highest BCUT2D eigenvalue weighted by atomic mass is 16.5. The number of aromatic nitrogens is 1. The summed E-state index contributed by atoms with van der Waals surface area (Å²) in [4.78, 5) is 26.6. The number of benzene rings is 3. The van der Waals surface area contributed by atoms with Gasteiger partial charge in [-0.15, -0.1) is 0 Å². The maximum absolute atomic E-state index is 13.1. The minimum Gasteiger partial charge on any atom is -0.489 e. The van der Waals surface area contributed by atoms with E-state index >= 15 is 0 Å². The van der Waals surface area contributed by atoms with Crippen molar-refractivity contribution in [3.05, 3.63) is 114 Å². The van der Waals surface area contributed by atoms with Gasteiger partial charge in [-0.3, -0.25) is 4.79 Å². The predicted molar refractivity (Wildman–Crippen MR) is 150 cm³/mol. The van der Waals surface area contributed by atoms with Crippen molar-refractivity contribution < 1.29 is 19.1 Å². The van der Waals surface area contributed by atoms with Gasteiger partial charge in [-0.25, -0.2) is 4.79 Å². The van der Waals surface area contributed by atoms with Crippen molar-refractivity contribution in [2.75, 3.05) is 20.2 Å². The fraction of sp³-hybridized carbons (Fsp3) is 0.250. The van der Waals surface area contributed by atoms with Crippen LogP contribution in [-0.4, -0.2) is 41.5 Å². The molecule has 1 heterocycles. The summed E-state index contributed by atoms with van der Waals surface area (Å²) in [6.07, 6.45) is 6.57. The van der Waals surface area contributed by atoms with Crippen LogP contribution in [0.3, 0.4) is 0 Å². The molecule has 0 N–H and O–H groups in total. The largest absolute Gasteiger partial charge is 0.489 e. The molecule has 0 bridgehead atoms. The van der Waals surface area contributed by atoms with Gasteiger partial charge in [0.1, 0.15) is 18.9 Å². The third-order valence-electron chi connectivity index (χ3n) is 6.37. The summed E-state index contributed by atoms with van der Waals surface area (Å²) in [6.45, 7) is 3.47. The molecule has 3 aromatic carbocycles. The molecule has 1 aromatic heterocycles. The van der Waals surface area contributed by atoms with Crippen LogP contribution in [0, 0.1) is 0 Å². The van der Waals surface area contributed by atoms with Crippen molar-refractivity contribution >= 4 is 22.8 Å². The van der Waals surface area contributed by atoms with Crippen LogP contribution in [0.1, 0.15) is 23.6 Å². The summed E-state index contributed by atoms with van der Waals surface area (Å²) in [5.41, 5.74) is 4.25. The molecule has 0 saturated carbocycles. The topological polar surface area (TPSA) is 60.8 Å². The van der Waals surface area contributed by atoms with E-state index in [0.717, 1.165) is 34.2 Å². The fourth-order valence-corrected chi connectivity index (χ4v) is 4.28. The highest BCUT2D eigenvalue weighted by molar-refractivity contribution is 5.88. The molecule has 4 rings (SSSR count). The Hall–Kier alpha value is -4.32. The fourth-order valence-electron chi connectivity index (χ4n) is 4.28. The van der Waals surface area contributed by atoms with E-state index in [1.165, 1.54) is 11.6 Å². The average Bonchev–Trinajstić information content (AvgIpc) is 3.28. The molecule has 0 aliphatic rings. The van der Waals surface area contributed by atoms with Gasteiger partial charge in [0.25, 0.3) is 0 Å². The zero-order valence-corrected chi connectivity index (χ0v) is 22.0. The van der Waals surface area contributed by atoms with Crippen LogP contribution in [0.15, 0.2) is 97.2 Å². The van der Waals surface area contributed by atoms with Crippen molar-refractivity contribution in [3.63, 3.8) is 0 Å². The van der Waals surface area contributed by atoms with Crippen LogP contribution in [0.2, 0.25) is 0 Å². The molecule has 0 spiro atoms. The molecule has 196 valence electrons. The normalized spacial score (nSPS) is 11.1. The zero-order valence-electron chi connectivity index (χ0n) is 22.0. The standard InChI is InChI=1S/C32H34N2O4/c1-3-37-32(36)16-10-15-27-22-34(23-31(35)33(2)20-19-25-11-6-4-7-12-25)30-18-17-28(21-29(27)30)38-24-26-13-8-5-9-14-26/h4-14,16-18,21-22H,3,15,19-20,23-24H2,1-2H3/b16-10+. The number of allylic oxidation sites excluding steroid dienone is 1. The first kappa shape index (κ1) is 26.7. The summed E-state index contributed by atoms with van der Waals surface area (Å²) >= 11 is 0. The number of fused-ring (bicyclic) bond motifs is 1. The van der Waals surface area contributed by atoms with E-state index in [9.17, 15) is 9.59 Å². The van der Waals surface area contributed by atoms with Gasteiger partial charge in [-0.1, -0.05) is 66.7 Å². The Bertz CT molecular complexity index is 1380. The quantitative estimate of drug-likeness (QED) is 0.184. The molecule has 0 saturated heterocycles. The van der Waals surface area contributed by atoms with Crippen molar-refractivity contribution in [1.82, 2.24) is 9.47 Å². The first-order valence-electron chi connectivity index (χ1n) is 12.9. The molecular weight excluding hydrogens is 476 g/mol. The molecule has 6 heteroatoms. The number of likely N-dealkylation sites (N-methyl/N-ethyl adjacent to an activating group) is 1. The van der Waals surface area contributed by atoms with E-state index in [4.69, 9.17) is 9.47 Å². The second-order valence-electron chi connectivity index (χ2n) is 9.14. The number of ether oxygens (including phenoxy) is 2. The Kier molecular flexibility index (Phi) is 9.35. The van der Waals surface area contributed by atoms with Gasteiger partial charge >= 0.3 is 5.97 Å². The van der Waals surface area contributed by atoms with Crippen LogP contribution < -0.4 is 4.74 Å². The predicted octanol–water partition coefficient (Wildman–Crippen LogP) is 5.58. The Morgan fingerprint density at radius 3 is 2.37 bits per heavy atom. The smallest absolute Gasteiger partial charge is 0.330 e. The maximum Gasteiger partial charge on any atom is 0.330 e. The lowest BCUT2D eigenvalue weighted by Gasteiger charge is -2.18. The summed E-state index contributed by atoms with van der Waals surface area (Å²) in [6, 6.07) is 26.1. The van der Waals surface area contributed by atoms with E-state index in [2.05, 4.69) is 12.1 Å². The Labute approximate surface area is 224 Å². The molecule has 38 heavy (non-hydrogen) atoms. The van der Waals surface area contributed by atoms with Crippen LogP contribution in [-0.2, 0) is 40.3 Å².